The van der Waals surface area contributed by atoms with Gasteiger partial charge in [0.05, 0.1) is 11.3 Å². The average molecular weight is 286 g/mol. The van der Waals surface area contributed by atoms with Crippen LogP contribution in [0.25, 0.3) is 0 Å². The Morgan fingerprint density at radius 2 is 1.90 bits per heavy atom. The van der Waals surface area contributed by atoms with Crippen molar-refractivity contribution < 1.29 is 4.39 Å². The molecule has 102 valence electrons. The van der Waals surface area contributed by atoms with Gasteiger partial charge in [0.1, 0.15) is 11.9 Å². The Labute approximate surface area is 122 Å². The van der Waals surface area contributed by atoms with Crippen molar-refractivity contribution in [1.29, 1.82) is 5.26 Å². The van der Waals surface area contributed by atoms with Gasteiger partial charge >= 0.3 is 0 Å². The zero-order valence-electron chi connectivity index (χ0n) is 11.4. The molecule has 2 nitrogen and oxygen atoms in total. The van der Waals surface area contributed by atoms with Crippen molar-refractivity contribution in [3.8, 4) is 6.07 Å². The molecule has 0 saturated carbocycles. The molecule has 0 N–H and O–H groups in total. The lowest BCUT2D eigenvalue weighted by Gasteiger charge is -2.21. The van der Waals surface area contributed by atoms with Gasteiger partial charge in [0.2, 0.25) is 0 Å². The molecule has 0 spiro atoms. The van der Waals surface area contributed by atoms with Gasteiger partial charge in [-0.3, -0.25) is 0 Å². The van der Waals surface area contributed by atoms with Gasteiger partial charge in [0.15, 0.2) is 0 Å². The van der Waals surface area contributed by atoms with Crippen LogP contribution in [-0.2, 0) is 6.54 Å². The van der Waals surface area contributed by atoms with E-state index in [0.29, 0.717) is 12.1 Å². The first kappa shape index (κ1) is 14.4. The van der Waals surface area contributed by atoms with E-state index in [4.69, 9.17) is 0 Å². The molecule has 0 amide bonds. The molecule has 0 aromatic heterocycles. The molecule has 0 unspecified atom stereocenters. The van der Waals surface area contributed by atoms with Crippen molar-refractivity contribution in [3.05, 3.63) is 59.4 Å². The van der Waals surface area contributed by atoms with Gasteiger partial charge in [-0.05, 0) is 36.1 Å². The van der Waals surface area contributed by atoms with Gasteiger partial charge in [0, 0.05) is 18.5 Å². The van der Waals surface area contributed by atoms with Crippen LogP contribution in [0, 0.1) is 17.1 Å². The highest BCUT2D eigenvalue weighted by Gasteiger charge is 2.11. The molecule has 0 saturated heterocycles. The van der Waals surface area contributed by atoms with Crippen LogP contribution < -0.4 is 4.90 Å². The summed E-state index contributed by atoms with van der Waals surface area (Å²) in [4.78, 5) is 2.97. The lowest BCUT2D eigenvalue weighted by atomic mass is 10.1. The summed E-state index contributed by atoms with van der Waals surface area (Å²) in [5.41, 5.74) is 2.58. The highest BCUT2D eigenvalue weighted by atomic mass is 32.2. The van der Waals surface area contributed by atoms with Gasteiger partial charge in [-0.15, -0.1) is 11.8 Å². The van der Waals surface area contributed by atoms with Crippen LogP contribution in [0.5, 0.6) is 0 Å². The maximum atomic E-state index is 12.9. The van der Waals surface area contributed by atoms with E-state index in [1.165, 1.54) is 12.1 Å². The fourth-order valence-corrected chi connectivity index (χ4v) is 2.64. The Kier molecular flexibility index (Phi) is 4.65. The van der Waals surface area contributed by atoms with E-state index >= 15 is 0 Å². The van der Waals surface area contributed by atoms with Gasteiger partial charge in [-0.2, -0.15) is 5.26 Å². The number of anilines is 1. The molecule has 20 heavy (non-hydrogen) atoms. The Morgan fingerprint density at radius 1 is 1.20 bits per heavy atom. The molecule has 2 aromatic carbocycles. The third kappa shape index (κ3) is 3.12. The molecule has 0 aliphatic rings. The minimum Gasteiger partial charge on any atom is -0.369 e. The molecule has 2 aromatic rings. The lowest BCUT2D eigenvalue weighted by Crippen LogP contribution is -2.17. The van der Waals surface area contributed by atoms with E-state index in [1.54, 1.807) is 23.9 Å². The summed E-state index contributed by atoms with van der Waals surface area (Å²) < 4.78 is 12.9. The summed E-state index contributed by atoms with van der Waals surface area (Å²) >= 11 is 1.56. The standard InChI is InChI=1S/C16H15FN2S/c1-19(11-12-6-8-13(17)9-7-12)15-4-3-5-16(20-2)14(15)10-18/h3-9H,11H2,1-2H3. The minimum atomic E-state index is -0.238. The summed E-state index contributed by atoms with van der Waals surface area (Å²) in [7, 11) is 1.93. The number of nitrogens with zero attached hydrogens (tertiary/aromatic N) is 2. The smallest absolute Gasteiger partial charge is 0.123 e. The van der Waals surface area contributed by atoms with Crippen LogP contribution >= 0.6 is 11.8 Å². The molecule has 0 radical (unpaired) electrons. The van der Waals surface area contributed by atoms with E-state index in [2.05, 4.69) is 6.07 Å². The number of hydrogen-bond donors (Lipinski definition) is 0. The molecular weight excluding hydrogens is 271 g/mol. The molecular formula is C16H15FN2S. The van der Waals surface area contributed by atoms with Gasteiger partial charge < -0.3 is 4.90 Å². The molecule has 0 heterocycles. The molecule has 0 aliphatic heterocycles. The zero-order valence-corrected chi connectivity index (χ0v) is 12.2. The zero-order chi connectivity index (χ0) is 14.5. The average Bonchev–Trinajstić information content (AvgIpc) is 2.48. The Bertz CT molecular complexity index is 632. The SMILES string of the molecule is CSc1cccc(N(C)Cc2ccc(F)cc2)c1C#N. The monoisotopic (exact) mass is 286 g/mol. The second-order valence-corrected chi connectivity index (χ2v) is 5.30. The largest absolute Gasteiger partial charge is 0.369 e. The van der Waals surface area contributed by atoms with E-state index < -0.39 is 0 Å². The van der Waals surface area contributed by atoms with Crippen molar-refractivity contribution in [1.82, 2.24) is 0 Å². The number of nitriles is 1. The van der Waals surface area contributed by atoms with E-state index in [1.807, 2.05) is 36.4 Å². The molecule has 0 atom stereocenters. The first-order valence-electron chi connectivity index (χ1n) is 6.18. The number of hydrogen-bond acceptors (Lipinski definition) is 3. The minimum absolute atomic E-state index is 0.238. The molecule has 0 bridgehead atoms. The summed E-state index contributed by atoms with van der Waals surface area (Å²) in [6.45, 7) is 0.632. The number of benzene rings is 2. The lowest BCUT2D eigenvalue weighted by molar-refractivity contribution is 0.627. The Hall–Kier alpha value is -1.99. The first-order valence-corrected chi connectivity index (χ1v) is 7.41. The van der Waals surface area contributed by atoms with Crippen molar-refractivity contribution in [2.45, 2.75) is 11.4 Å². The predicted molar refractivity (Wildman–Crippen MR) is 81.4 cm³/mol. The first-order chi connectivity index (χ1) is 9.65. The number of thioether (sulfide) groups is 1. The maximum absolute atomic E-state index is 12.9. The third-order valence-corrected chi connectivity index (χ3v) is 3.86. The Morgan fingerprint density at radius 3 is 2.50 bits per heavy atom. The van der Waals surface area contributed by atoms with Crippen LogP contribution in [0.1, 0.15) is 11.1 Å². The summed E-state index contributed by atoms with van der Waals surface area (Å²) in [5, 5.41) is 9.34. The fourth-order valence-electron chi connectivity index (χ4n) is 2.07. The van der Waals surface area contributed by atoms with Gasteiger partial charge in [0.25, 0.3) is 0 Å². The summed E-state index contributed by atoms with van der Waals surface area (Å²) in [6.07, 6.45) is 1.96. The summed E-state index contributed by atoms with van der Waals surface area (Å²) in [5.74, 6) is -0.238. The van der Waals surface area contributed by atoms with Crippen LogP contribution in [0.3, 0.4) is 0 Å². The highest BCUT2D eigenvalue weighted by molar-refractivity contribution is 7.98. The molecule has 2 rings (SSSR count). The highest BCUT2D eigenvalue weighted by Crippen LogP contribution is 2.29. The van der Waals surface area contributed by atoms with Gasteiger partial charge in [-0.1, -0.05) is 18.2 Å². The van der Waals surface area contributed by atoms with E-state index in [9.17, 15) is 9.65 Å². The van der Waals surface area contributed by atoms with Crippen molar-refractivity contribution in [2.24, 2.45) is 0 Å². The van der Waals surface area contributed by atoms with Crippen LogP contribution in [0.2, 0.25) is 0 Å². The second kappa shape index (κ2) is 6.44. The second-order valence-electron chi connectivity index (χ2n) is 4.45. The predicted octanol–water partition coefficient (Wildman–Crippen LogP) is 4.06. The summed E-state index contributed by atoms with van der Waals surface area (Å²) in [6, 6.07) is 14.5. The maximum Gasteiger partial charge on any atom is 0.123 e. The van der Waals surface area contributed by atoms with Crippen molar-refractivity contribution >= 4 is 17.4 Å². The normalized spacial score (nSPS) is 10.1. The molecule has 0 fully saturated rings. The fraction of sp³-hybridized carbons (Fsp3) is 0.188. The van der Waals surface area contributed by atoms with Crippen LogP contribution in [-0.4, -0.2) is 13.3 Å². The number of rotatable bonds is 4. The van der Waals surface area contributed by atoms with Crippen LogP contribution in [0.15, 0.2) is 47.4 Å². The number of halogens is 1. The molecule has 0 aliphatic carbocycles. The van der Waals surface area contributed by atoms with Gasteiger partial charge in [-0.25, -0.2) is 4.39 Å². The van der Waals surface area contributed by atoms with E-state index in [-0.39, 0.29) is 5.82 Å². The van der Waals surface area contributed by atoms with Crippen molar-refractivity contribution in [2.75, 3.05) is 18.2 Å². The topological polar surface area (TPSA) is 27.0 Å². The molecule has 4 heteroatoms. The Balaban J connectivity index is 2.27. The van der Waals surface area contributed by atoms with Crippen LogP contribution in [0.4, 0.5) is 10.1 Å². The van der Waals surface area contributed by atoms with E-state index in [0.717, 1.165) is 16.1 Å². The van der Waals surface area contributed by atoms with Crippen molar-refractivity contribution in [3.63, 3.8) is 0 Å². The quantitative estimate of drug-likeness (QED) is 0.793. The third-order valence-electron chi connectivity index (χ3n) is 3.08.